The number of fused-ring (bicyclic) bond motifs is 1. The summed E-state index contributed by atoms with van der Waals surface area (Å²) in [6.45, 7) is 7.74. The molecular formula is C26H33FN2O3S. The van der Waals surface area contributed by atoms with Gasteiger partial charge < -0.3 is 24.0 Å². The van der Waals surface area contributed by atoms with Crippen LogP contribution < -0.4 is 14.2 Å². The number of rotatable bonds is 8. The predicted molar refractivity (Wildman–Crippen MR) is 130 cm³/mol. The van der Waals surface area contributed by atoms with Gasteiger partial charge in [-0.15, -0.1) is 0 Å². The van der Waals surface area contributed by atoms with Gasteiger partial charge in [0.2, 0.25) is 6.79 Å². The summed E-state index contributed by atoms with van der Waals surface area (Å²) in [6, 6.07) is 12.8. The van der Waals surface area contributed by atoms with E-state index in [4.69, 9.17) is 14.2 Å². The smallest absolute Gasteiger partial charge is 0.231 e. The van der Waals surface area contributed by atoms with E-state index < -0.39 is 0 Å². The van der Waals surface area contributed by atoms with Crippen molar-refractivity contribution >= 4 is 11.8 Å². The van der Waals surface area contributed by atoms with Crippen molar-refractivity contribution in [1.29, 1.82) is 0 Å². The van der Waals surface area contributed by atoms with Crippen LogP contribution in [0.1, 0.15) is 24.3 Å². The zero-order valence-corrected chi connectivity index (χ0v) is 19.9. The van der Waals surface area contributed by atoms with E-state index in [2.05, 4.69) is 21.6 Å². The van der Waals surface area contributed by atoms with Gasteiger partial charge in [-0.1, -0.05) is 12.1 Å². The molecule has 5 rings (SSSR count). The fraction of sp³-hybridized carbons (Fsp3) is 0.538. The summed E-state index contributed by atoms with van der Waals surface area (Å²) in [4.78, 5) is 5.19. The lowest BCUT2D eigenvalue weighted by atomic mass is 9.80. The molecule has 5 nitrogen and oxygen atoms in total. The summed E-state index contributed by atoms with van der Waals surface area (Å²) < 4.78 is 30.7. The van der Waals surface area contributed by atoms with Crippen molar-refractivity contribution in [3.63, 3.8) is 0 Å². The SMILES string of the molecule is Fc1ccc([C@@H]2CCN(CCCN3CCSCC3)C[C@H]2COc2ccc3c(c2)OCO3)cc1. The summed E-state index contributed by atoms with van der Waals surface area (Å²) in [5, 5.41) is 0. The number of benzene rings is 2. The lowest BCUT2D eigenvalue weighted by Crippen LogP contribution is -2.43. The molecule has 2 atom stereocenters. The lowest BCUT2D eigenvalue weighted by molar-refractivity contribution is 0.107. The van der Waals surface area contributed by atoms with Crippen LogP contribution in [0.3, 0.4) is 0 Å². The maximum absolute atomic E-state index is 13.5. The zero-order valence-electron chi connectivity index (χ0n) is 19.1. The number of piperidine rings is 1. The highest BCUT2D eigenvalue weighted by atomic mass is 32.2. The molecule has 3 heterocycles. The van der Waals surface area contributed by atoms with E-state index in [1.165, 1.54) is 43.1 Å². The van der Waals surface area contributed by atoms with Crippen molar-refractivity contribution in [2.24, 2.45) is 5.92 Å². The minimum atomic E-state index is -0.180. The molecule has 0 bridgehead atoms. The van der Waals surface area contributed by atoms with Crippen molar-refractivity contribution in [3.05, 3.63) is 53.8 Å². The lowest BCUT2D eigenvalue weighted by Gasteiger charge is -2.39. The number of halogens is 1. The van der Waals surface area contributed by atoms with Gasteiger partial charge in [-0.25, -0.2) is 4.39 Å². The molecule has 0 amide bonds. The summed E-state index contributed by atoms with van der Waals surface area (Å²) in [5.41, 5.74) is 1.21. The highest BCUT2D eigenvalue weighted by Crippen LogP contribution is 2.37. The van der Waals surface area contributed by atoms with E-state index in [1.807, 2.05) is 30.3 Å². The number of hydrogen-bond acceptors (Lipinski definition) is 6. The molecule has 3 aliphatic heterocycles. The van der Waals surface area contributed by atoms with E-state index in [0.29, 0.717) is 18.4 Å². The van der Waals surface area contributed by atoms with Crippen molar-refractivity contribution in [2.45, 2.75) is 18.8 Å². The minimum Gasteiger partial charge on any atom is -0.493 e. The summed E-state index contributed by atoms with van der Waals surface area (Å²) in [6.07, 6.45) is 2.28. The Hall–Kier alpha value is -1.96. The van der Waals surface area contributed by atoms with Crippen LogP contribution >= 0.6 is 11.8 Å². The van der Waals surface area contributed by atoms with Gasteiger partial charge in [-0.05, 0) is 68.2 Å². The normalized spacial score (nSPS) is 23.5. The predicted octanol–water partition coefficient (Wildman–Crippen LogP) is 4.48. The molecule has 0 spiro atoms. The second-order valence-electron chi connectivity index (χ2n) is 9.14. The number of hydrogen-bond donors (Lipinski definition) is 0. The topological polar surface area (TPSA) is 34.2 Å². The first-order chi connectivity index (χ1) is 16.2. The van der Waals surface area contributed by atoms with E-state index in [0.717, 1.165) is 43.3 Å². The maximum atomic E-state index is 13.5. The molecular weight excluding hydrogens is 439 g/mol. The van der Waals surface area contributed by atoms with Crippen LogP contribution in [0.25, 0.3) is 0 Å². The molecule has 2 aromatic carbocycles. The Labute approximate surface area is 200 Å². The zero-order chi connectivity index (χ0) is 22.5. The van der Waals surface area contributed by atoms with E-state index in [1.54, 1.807) is 12.1 Å². The molecule has 0 N–H and O–H groups in total. The van der Waals surface area contributed by atoms with Gasteiger partial charge in [-0.3, -0.25) is 0 Å². The third-order valence-corrected chi connectivity index (χ3v) is 7.92. The fourth-order valence-corrected chi connectivity index (χ4v) is 6.12. The molecule has 178 valence electrons. The molecule has 33 heavy (non-hydrogen) atoms. The molecule has 0 unspecified atom stereocenters. The van der Waals surface area contributed by atoms with Crippen LogP contribution in [0.4, 0.5) is 4.39 Å². The third-order valence-electron chi connectivity index (χ3n) is 6.98. The highest BCUT2D eigenvalue weighted by Gasteiger charge is 2.31. The van der Waals surface area contributed by atoms with Crippen molar-refractivity contribution in [1.82, 2.24) is 9.80 Å². The first-order valence-electron chi connectivity index (χ1n) is 12.0. The van der Waals surface area contributed by atoms with Crippen LogP contribution in [0.15, 0.2) is 42.5 Å². The average Bonchev–Trinajstić information content (AvgIpc) is 3.32. The molecule has 2 aromatic rings. The summed E-state index contributed by atoms with van der Waals surface area (Å²) in [7, 11) is 0. The fourth-order valence-electron chi connectivity index (χ4n) is 5.14. The quantitative estimate of drug-likeness (QED) is 0.564. The van der Waals surface area contributed by atoms with E-state index in [-0.39, 0.29) is 12.6 Å². The third kappa shape index (κ3) is 5.94. The minimum absolute atomic E-state index is 0.180. The summed E-state index contributed by atoms with van der Waals surface area (Å²) >= 11 is 2.07. The molecule has 2 fully saturated rings. The van der Waals surface area contributed by atoms with Gasteiger partial charge in [0, 0.05) is 43.1 Å². The number of thioether (sulfide) groups is 1. The number of nitrogens with zero attached hydrogens (tertiary/aromatic N) is 2. The molecule has 0 aromatic heterocycles. The van der Waals surface area contributed by atoms with Crippen LogP contribution in [-0.4, -0.2) is 74.0 Å². The van der Waals surface area contributed by atoms with Crippen molar-refractivity contribution in [2.75, 3.05) is 64.2 Å². The van der Waals surface area contributed by atoms with Gasteiger partial charge in [0.15, 0.2) is 11.5 Å². The van der Waals surface area contributed by atoms with Gasteiger partial charge in [0.1, 0.15) is 11.6 Å². The second kappa shape index (κ2) is 11.0. The Bertz CT molecular complexity index is 907. The summed E-state index contributed by atoms with van der Waals surface area (Å²) in [5.74, 6) is 5.38. The Kier molecular flexibility index (Phi) is 7.59. The second-order valence-corrected chi connectivity index (χ2v) is 10.4. The van der Waals surface area contributed by atoms with Crippen LogP contribution in [-0.2, 0) is 0 Å². The van der Waals surface area contributed by atoms with E-state index in [9.17, 15) is 4.39 Å². The van der Waals surface area contributed by atoms with Crippen LogP contribution in [0, 0.1) is 11.7 Å². The van der Waals surface area contributed by atoms with Gasteiger partial charge in [-0.2, -0.15) is 11.8 Å². The van der Waals surface area contributed by atoms with Crippen LogP contribution in [0.5, 0.6) is 17.2 Å². The average molecular weight is 473 g/mol. The molecule has 3 aliphatic rings. The van der Waals surface area contributed by atoms with E-state index >= 15 is 0 Å². The first-order valence-corrected chi connectivity index (χ1v) is 13.2. The Morgan fingerprint density at radius 3 is 2.58 bits per heavy atom. The molecule has 0 saturated carbocycles. The van der Waals surface area contributed by atoms with Crippen molar-refractivity contribution in [3.8, 4) is 17.2 Å². The standard InChI is InChI=1S/C26H33FN2O3S/c27-22-4-2-20(3-5-22)24-8-11-29(10-1-9-28-12-14-33-15-13-28)17-21(24)18-30-23-6-7-25-26(16-23)32-19-31-25/h2-7,16,21,24H,1,8-15,17-19H2/t21-,24-/m0/s1. The largest absolute Gasteiger partial charge is 0.493 e. The Morgan fingerprint density at radius 1 is 0.939 bits per heavy atom. The van der Waals surface area contributed by atoms with Gasteiger partial charge >= 0.3 is 0 Å². The molecule has 0 radical (unpaired) electrons. The Balaban J connectivity index is 1.21. The molecule has 7 heteroatoms. The van der Waals surface area contributed by atoms with Crippen molar-refractivity contribution < 1.29 is 18.6 Å². The van der Waals surface area contributed by atoms with Gasteiger partial charge in [0.25, 0.3) is 0 Å². The van der Waals surface area contributed by atoms with Gasteiger partial charge in [0.05, 0.1) is 6.61 Å². The molecule has 2 saturated heterocycles. The number of ether oxygens (including phenoxy) is 3. The van der Waals surface area contributed by atoms with Crippen LogP contribution in [0.2, 0.25) is 0 Å². The number of likely N-dealkylation sites (tertiary alicyclic amines) is 1. The monoisotopic (exact) mass is 472 g/mol. The maximum Gasteiger partial charge on any atom is 0.231 e. The highest BCUT2D eigenvalue weighted by molar-refractivity contribution is 7.99. The molecule has 0 aliphatic carbocycles. The first kappa shape index (κ1) is 22.8. The Morgan fingerprint density at radius 2 is 1.73 bits per heavy atom.